The van der Waals surface area contributed by atoms with Crippen molar-refractivity contribution < 1.29 is 4.79 Å². The summed E-state index contributed by atoms with van der Waals surface area (Å²) in [5.41, 5.74) is 0.891. The van der Waals surface area contributed by atoms with E-state index in [0.29, 0.717) is 12.6 Å². The first kappa shape index (κ1) is 17.0. The number of hydrogen-bond donors (Lipinski definition) is 2. The molecule has 2 heterocycles. The number of nitrogens with zero attached hydrogens (tertiary/aromatic N) is 3. The summed E-state index contributed by atoms with van der Waals surface area (Å²) in [5.74, 6) is 0.764. The number of amides is 1. The van der Waals surface area contributed by atoms with Gasteiger partial charge in [0.15, 0.2) is 0 Å². The second-order valence-electron chi connectivity index (χ2n) is 6.51. The first-order valence-corrected chi connectivity index (χ1v) is 8.18. The van der Waals surface area contributed by atoms with E-state index in [1.54, 1.807) is 17.9 Å². The number of carbonyl (C=O) groups is 1. The van der Waals surface area contributed by atoms with Gasteiger partial charge in [-0.1, -0.05) is 6.92 Å². The molecule has 2 N–H and O–H groups in total. The van der Waals surface area contributed by atoms with Crippen LogP contribution < -0.4 is 10.6 Å². The maximum atomic E-state index is 12.4. The van der Waals surface area contributed by atoms with Crippen LogP contribution in [0.25, 0.3) is 0 Å². The molecule has 1 aromatic heterocycles. The fourth-order valence-corrected chi connectivity index (χ4v) is 3.14. The van der Waals surface area contributed by atoms with Crippen LogP contribution >= 0.6 is 0 Å². The predicted molar refractivity (Wildman–Crippen MR) is 87.5 cm³/mol. The molecule has 2 rings (SSSR count). The van der Waals surface area contributed by atoms with Crippen molar-refractivity contribution in [2.75, 3.05) is 26.7 Å². The Morgan fingerprint density at radius 2 is 2.32 bits per heavy atom. The molecule has 0 radical (unpaired) electrons. The minimum atomic E-state index is -0.346. The zero-order valence-corrected chi connectivity index (χ0v) is 14.2. The molecule has 0 saturated carbocycles. The number of likely N-dealkylation sites (tertiary alicyclic amines) is 1. The van der Waals surface area contributed by atoms with Crippen molar-refractivity contribution >= 4 is 5.91 Å². The Balaban J connectivity index is 1.85. The fraction of sp³-hybridized carbons (Fsp3) is 0.750. The zero-order chi connectivity index (χ0) is 16.1. The van der Waals surface area contributed by atoms with E-state index >= 15 is 0 Å². The zero-order valence-electron chi connectivity index (χ0n) is 14.2. The standard InChI is InChI=1S/C16H29N5O/c1-12-6-5-7-21(10-12)13(2)8-18-16(22)15(17-3)14-9-19-20(4)11-14/h9,11-13,15,17H,5-8,10H2,1-4H3,(H,18,22). The summed E-state index contributed by atoms with van der Waals surface area (Å²) in [7, 11) is 3.65. The fourth-order valence-electron chi connectivity index (χ4n) is 3.14. The van der Waals surface area contributed by atoms with Gasteiger partial charge in [-0.25, -0.2) is 0 Å². The molecule has 3 atom stereocenters. The molecule has 1 saturated heterocycles. The molecule has 1 aliphatic heterocycles. The van der Waals surface area contributed by atoms with Gasteiger partial charge in [0, 0.05) is 37.9 Å². The third-order valence-corrected chi connectivity index (χ3v) is 4.49. The average molecular weight is 307 g/mol. The van der Waals surface area contributed by atoms with Gasteiger partial charge >= 0.3 is 0 Å². The van der Waals surface area contributed by atoms with Crippen molar-refractivity contribution in [2.24, 2.45) is 13.0 Å². The molecule has 1 amide bonds. The van der Waals surface area contributed by atoms with Crippen LogP contribution in [-0.4, -0.2) is 53.3 Å². The van der Waals surface area contributed by atoms with Crippen molar-refractivity contribution in [3.05, 3.63) is 18.0 Å². The summed E-state index contributed by atoms with van der Waals surface area (Å²) in [4.78, 5) is 14.9. The normalized spacial score (nSPS) is 22.3. The summed E-state index contributed by atoms with van der Waals surface area (Å²) in [5, 5.41) is 10.3. The molecule has 1 fully saturated rings. The predicted octanol–water partition coefficient (Wildman–Crippen LogP) is 0.917. The van der Waals surface area contributed by atoms with E-state index in [1.807, 2.05) is 13.2 Å². The lowest BCUT2D eigenvalue weighted by atomic mass is 9.99. The first-order valence-electron chi connectivity index (χ1n) is 8.18. The Morgan fingerprint density at radius 3 is 2.91 bits per heavy atom. The van der Waals surface area contributed by atoms with Gasteiger partial charge in [0.2, 0.25) is 5.91 Å². The second kappa shape index (κ2) is 7.74. The number of rotatable bonds is 6. The number of hydrogen-bond acceptors (Lipinski definition) is 4. The molecule has 3 unspecified atom stereocenters. The summed E-state index contributed by atoms with van der Waals surface area (Å²) in [6.07, 6.45) is 6.18. The van der Waals surface area contributed by atoms with Crippen LogP contribution in [0.3, 0.4) is 0 Å². The van der Waals surface area contributed by atoms with Gasteiger partial charge in [-0.15, -0.1) is 0 Å². The SMILES string of the molecule is CNC(C(=O)NCC(C)N1CCCC(C)C1)c1cnn(C)c1. The molecule has 0 aromatic carbocycles. The molecule has 124 valence electrons. The summed E-state index contributed by atoms with van der Waals surface area (Å²) < 4.78 is 1.71. The van der Waals surface area contributed by atoms with Crippen molar-refractivity contribution in [2.45, 2.75) is 38.8 Å². The molecule has 1 aliphatic rings. The number of aryl methyl sites for hydroxylation is 1. The highest BCUT2D eigenvalue weighted by Gasteiger charge is 2.23. The van der Waals surface area contributed by atoms with Gasteiger partial charge in [-0.2, -0.15) is 5.10 Å². The second-order valence-corrected chi connectivity index (χ2v) is 6.51. The minimum absolute atomic E-state index is 0.00686. The van der Waals surface area contributed by atoms with Gasteiger partial charge in [-0.05, 0) is 39.3 Å². The molecule has 22 heavy (non-hydrogen) atoms. The van der Waals surface area contributed by atoms with E-state index in [0.717, 1.165) is 24.6 Å². The minimum Gasteiger partial charge on any atom is -0.353 e. The molecule has 6 heteroatoms. The lowest BCUT2D eigenvalue weighted by Crippen LogP contribution is -2.47. The number of likely N-dealkylation sites (N-methyl/N-ethyl adjacent to an activating group) is 1. The maximum Gasteiger partial charge on any atom is 0.241 e. The van der Waals surface area contributed by atoms with Crippen LogP contribution in [0, 0.1) is 5.92 Å². The molecule has 0 aliphatic carbocycles. The largest absolute Gasteiger partial charge is 0.353 e. The molecular formula is C16H29N5O. The van der Waals surface area contributed by atoms with Crippen LogP contribution in [0.4, 0.5) is 0 Å². The Kier molecular flexibility index (Phi) is 5.97. The summed E-state index contributed by atoms with van der Waals surface area (Å²) >= 11 is 0. The van der Waals surface area contributed by atoms with E-state index in [9.17, 15) is 4.79 Å². The van der Waals surface area contributed by atoms with Gasteiger partial charge < -0.3 is 10.6 Å². The highest BCUT2D eigenvalue weighted by Crippen LogP contribution is 2.17. The molecule has 0 bridgehead atoms. The van der Waals surface area contributed by atoms with Crippen LogP contribution in [0.15, 0.2) is 12.4 Å². The Labute approximate surface area is 133 Å². The van der Waals surface area contributed by atoms with E-state index < -0.39 is 0 Å². The van der Waals surface area contributed by atoms with Gasteiger partial charge in [0.05, 0.1) is 6.20 Å². The first-order chi connectivity index (χ1) is 10.5. The van der Waals surface area contributed by atoms with Crippen LogP contribution in [0.5, 0.6) is 0 Å². The van der Waals surface area contributed by atoms with E-state index in [2.05, 4.69) is 34.5 Å². The van der Waals surface area contributed by atoms with E-state index in [4.69, 9.17) is 0 Å². The van der Waals surface area contributed by atoms with Crippen molar-refractivity contribution in [3.63, 3.8) is 0 Å². The highest BCUT2D eigenvalue weighted by atomic mass is 16.2. The molecule has 1 aromatic rings. The maximum absolute atomic E-state index is 12.4. The van der Waals surface area contributed by atoms with Crippen LogP contribution in [-0.2, 0) is 11.8 Å². The number of nitrogens with one attached hydrogen (secondary N) is 2. The summed E-state index contributed by atoms with van der Waals surface area (Å²) in [6, 6.07) is 0.0271. The lowest BCUT2D eigenvalue weighted by Gasteiger charge is -2.35. The van der Waals surface area contributed by atoms with Crippen molar-refractivity contribution in [3.8, 4) is 0 Å². The number of aromatic nitrogens is 2. The Morgan fingerprint density at radius 1 is 1.55 bits per heavy atom. The van der Waals surface area contributed by atoms with Crippen molar-refractivity contribution in [1.29, 1.82) is 0 Å². The Hall–Kier alpha value is -1.40. The lowest BCUT2D eigenvalue weighted by molar-refractivity contribution is -0.123. The van der Waals surface area contributed by atoms with E-state index in [1.165, 1.54) is 12.8 Å². The average Bonchev–Trinajstić information content (AvgIpc) is 2.91. The van der Waals surface area contributed by atoms with Crippen molar-refractivity contribution in [1.82, 2.24) is 25.3 Å². The smallest absolute Gasteiger partial charge is 0.241 e. The van der Waals surface area contributed by atoms with Crippen LogP contribution in [0.1, 0.15) is 38.3 Å². The van der Waals surface area contributed by atoms with Gasteiger partial charge in [0.25, 0.3) is 0 Å². The third-order valence-electron chi connectivity index (χ3n) is 4.49. The molecule has 0 spiro atoms. The van der Waals surface area contributed by atoms with Gasteiger partial charge in [-0.3, -0.25) is 14.4 Å². The quantitative estimate of drug-likeness (QED) is 0.820. The number of carbonyl (C=O) groups excluding carboxylic acids is 1. The molecular weight excluding hydrogens is 278 g/mol. The summed E-state index contributed by atoms with van der Waals surface area (Å²) in [6.45, 7) is 7.45. The number of piperidine rings is 1. The topological polar surface area (TPSA) is 62.2 Å². The highest BCUT2D eigenvalue weighted by molar-refractivity contribution is 5.83. The molecule has 6 nitrogen and oxygen atoms in total. The van der Waals surface area contributed by atoms with Gasteiger partial charge in [0.1, 0.15) is 6.04 Å². The van der Waals surface area contributed by atoms with Crippen LogP contribution in [0.2, 0.25) is 0 Å². The van der Waals surface area contributed by atoms with E-state index in [-0.39, 0.29) is 11.9 Å². The Bertz CT molecular complexity index is 487. The monoisotopic (exact) mass is 307 g/mol. The third kappa shape index (κ3) is 4.30.